The van der Waals surface area contributed by atoms with Crippen LogP contribution in [0.2, 0.25) is 0 Å². The van der Waals surface area contributed by atoms with Gasteiger partial charge in [0, 0.05) is 18.5 Å². The molecule has 4 heteroatoms. The zero-order valence-corrected chi connectivity index (χ0v) is 20.6. The molecule has 5 rings (SSSR count). The van der Waals surface area contributed by atoms with Gasteiger partial charge < -0.3 is 19.5 Å². The maximum Gasteiger partial charge on any atom is 0.138 e. The molecule has 3 aromatic rings. The summed E-state index contributed by atoms with van der Waals surface area (Å²) in [6, 6.07) is 30.4. The van der Waals surface area contributed by atoms with Crippen LogP contribution in [-0.2, 0) is 10.3 Å². The summed E-state index contributed by atoms with van der Waals surface area (Å²) in [6.07, 6.45) is 4.77. The molecule has 0 amide bonds. The zero-order valence-electron chi connectivity index (χ0n) is 20.6. The van der Waals surface area contributed by atoms with E-state index < -0.39 is 5.60 Å². The third kappa shape index (κ3) is 5.30. The first-order valence-corrected chi connectivity index (χ1v) is 13.0. The number of benzene rings is 3. The van der Waals surface area contributed by atoms with E-state index >= 15 is 0 Å². The maximum absolute atomic E-state index is 11.8. The lowest BCUT2D eigenvalue weighted by atomic mass is 9.87. The second-order valence-corrected chi connectivity index (χ2v) is 10.2. The molecule has 3 aromatic carbocycles. The molecule has 0 saturated heterocycles. The molecule has 2 aliphatic rings. The van der Waals surface area contributed by atoms with E-state index in [0.717, 1.165) is 42.9 Å². The third-order valence-corrected chi connectivity index (χ3v) is 7.99. The number of ether oxygens (including phenoxy) is 2. The average Bonchev–Trinajstić information content (AvgIpc) is 3.49. The van der Waals surface area contributed by atoms with Gasteiger partial charge in [-0.1, -0.05) is 78.9 Å². The van der Waals surface area contributed by atoms with Crippen LogP contribution < -0.4 is 4.74 Å². The van der Waals surface area contributed by atoms with Crippen molar-refractivity contribution in [3.05, 3.63) is 102 Å². The lowest BCUT2D eigenvalue weighted by molar-refractivity contribution is -0.0722. The van der Waals surface area contributed by atoms with Crippen LogP contribution in [0.1, 0.15) is 36.8 Å². The standard InChI is InChI=1S/C31H37NO3/c1-32(20-11-21-34-27-16-9-4-10-17-27)30-24-18-19-28(30)29(22-24)35-23-31(33,25-12-5-2-6-13-25)26-14-7-3-8-15-26/h2-10,12-17,24,28-30,33H,11,18-23H2,1H3/t24?,28-,29-,30?/m1/s1. The van der Waals surface area contributed by atoms with Crippen molar-refractivity contribution in [1.82, 2.24) is 4.90 Å². The molecule has 0 spiro atoms. The van der Waals surface area contributed by atoms with Gasteiger partial charge >= 0.3 is 0 Å². The first kappa shape index (κ1) is 24.1. The molecule has 4 nitrogen and oxygen atoms in total. The summed E-state index contributed by atoms with van der Waals surface area (Å²) < 4.78 is 12.5. The van der Waals surface area contributed by atoms with Crippen LogP contribution in [0.25, 0.3) is 0 Å². The fraction of sp³-hybridized carbons (Fsp3) is 0.419. The first-order chi connectivity index (χ1) is 17.1. The molecule has 2 fully saturated rings. The molecule has 0 aliphatic heterocycles. The number of fused-ring (bicyclic) bond motifs is 2. The van der Waals surface area contributed by atoms with Gasteiger partial charge in [0.25, 0.3) is 0 Å². The Labute approximate surface area is 209 Å². The predicted octanol–water partition coefficient (Wildman–Crippen LogP) is 5.51. The van der Waals surface area contributed by atoms with E-state index in [2.05, 4.69) is 11.9 Å². The third-order valence-electron chi connectivity index (χ3n) is 7.99. The fourth-order valence-electron chi connectivity index (χ4n) is 6.27. The SMILES string of the molecule is CN(CCCOc1ccccc1)C1C2CC[C@@H]1[C@H](OCC(O)(c1ccccc1)c1ccccc1)C2. The van der Waals surface area contributed by atoms with Crippen LogP contribution in [0.5, 0.6) is 5.75 Å². The lowest BCUT2D eigenvalue weighted by Gasteiger charge is -2.33. The van der Waals surface area contributed by atoms with E-state index in [0.29, 0.717) is 17.9 Å². The van der Waals surface area contributed by atoms with E-state index in [1.165, 1.54) is 12.8 Å². The molecule has 2 unspecified atom stereocenters. The number of para-hydroxylation sites is 1. The lowest BCUT2D eigenvalue weighted by Crippen LogP contribution is -2.40. The van der Waals surface area contributed by atoms with Gasteiger partial charge in [-0.25, -0.2) is 0 Å². The minimum atomic E-state index is -1.15. The number of hydrogen-bond acceptors (Lipinski definition) is 4. The highest BCUT2D eigenvalue weighted by atomic mass is 16.5. The molecular formula is C31H37NO3. The molecule has 4 atom stereocenters. The van der Waals surface area contributed by atoms with E-state index in [1.807, 2.05) is 91.0 Å². The smallest absolute Gasteiger partial charge is 0.138 e. The maximum atomic E-state index is 11.8. The minimum absolute atomic E-state index is 0.195. The minimum Gasteiger partial charge on any atom is -0.494 e. The Bertz CT molecular complexity index is 1000. The number of nitrogens with zero attached hydrogens (tertiary/aromatic N) is 1. The second kappa shape index (κ2) is 10.9. The number of rotatable bonds is 11. The number of hydrogen-bond donors (Lipinski definition) is 1. The molecule has 2 saturated carbocycles. The van der Waals surface area contributed by atoms with E-state index in [1.54, 1.807) is 0 Å². The van der Waals surface area contributed by atoms with Crippen molar-refractivity contribution in [3.63, 3.8) is 0 Å². The summed E-state index contributed by atoms with van der Waals surface area (Å²) in [5.41, 5.74) is 0.600. The molecule has 0 radical (unpaired) electrons. The molecule has 0 aromatic heterocycles. The largest absolute Gasteiger partial charge is 0.494 e. The second-order valence-electron chi connectivity index (χ2n) is 10.2. The highest BCUT2D eigenvalue weighted by Gasteiger charge is 2.50. The molecule has 2 aliphatic carbocycles. The topological polar surface area (TPSA) is 41.9 Å². The van der Waals surface area contributed by atoms with Crippen molar-refractivity contribution in [2.75, 3.05) is 26.8 Å². The molecule has 2 bridgehead atoms. The van der Waals surface area contributed by atoms with Crippen molar-refractivity contribution in [2.24, 2.45) is 11.8 Å². The van der Waals surface area contributed by atoms with Crippen LogP contribution in [0.15, 0.2) is 91.0 Å². The van der Waals surface area contributed by atoms with Gasteiger partial charge in [0.05, 0.1) is 19.3 Å². The highest BCUT2D eigenvalue weighted by molar-refractivity contribution is 5.36. The van der Waals surface area contributed by atoms with Crippen LogP contribution >= 0.6 is 0 Å². The van der Waals surface area contributed by atoms with Crippen molar-refractivity contribution >= 4 is 0 Å². The molecule has 0 heterocycles. The van der Waals surface area contributed by atoms with Gasteiger partial charge in [-0.15, -0.1) is 0 Å². The molecule has 35 heavy (non-hydrogen) atoms. The van der Waals surface area contributed by atoms with Crippen molar-refractivity contribution in [1.29, 1.82) is 0 Å². The summed E-state index contributed by atoms with van der Waals surface area (Å²) in [4.78, 5) is 2.53. The van der Waals surface area contributed by atoms with Gasteiger partial charge in [-0.3, -0.25) is 0 Å². The molecule has 1 N–H and O–H groups in total. The van der Waals surface area contributed by atoms with E-state index in [9.17, 15) is 5.11 Å². The van der Waals surface area contributed by atoms with Gasteiger partial charge in [0.1, 0.15) is 11.4 Å². The van der Waals surface area contributed by atoms with Crippen LogP contribution in [0.4, 0.5) is 0 Å². The molecular weight excluding hydrogens is 434 g/mol. The van der Waals surface area contributed by atoms with Gasteiger partial charge in [-0.2, -0.15) is 0 Å². The average molecular weight is 472 g/mol. The number of aliphatic hydroxyl groups is 1. The van der Waals surface area contributed by atoms with Gasteiger partial charge in [-0.05, 0) is 61.9 Å². The van der Waals surface area contributed by atoms with Crippen LogP contribution in [0.3, 0.4) is 0 Å². The first-order valence-electron chi connectivity index (χ1n) is 13.0. The van der Waals surface area contributed by atoms with Crippen molar-refractivity contribution in [2.45, 2.75) is 43.4 Å². The van der Waals surface area contributed by atoms with Crippen molar-refractivity contribution in [3.8, 4) is 5.75 Å². The Balaban J connectivity index is 1.19. The Hall–Kier alpha value is -2.66. The highest BCUT2D eigenvalue weighted by Crippen LogP contribution is 2.49. The van der Waals surface area contributed by atoms with Gasteiger partial charge in [0.15, 0.2) is 0 Å². The normalized spacial score (nSPS) is 23.6. The Morgan fingerprint density at radius 2 is 1.46 bits per heavy atom. The summed E-state index contributed by atoms with van der Waals surface area (Å²) in [7, 11) is 2.26. The van der Waals surface area contributed by atoms with Crippen molar-refractivity contribution < 1.29 is 14.6 Å². The van der Waals surface area contributed by atoms with Gasteiger partial charge in [0.2, 0.25) is 0 Å². The quantitative estimate of drug-likeness (QED) is 0.375. The summed E-state index contributed by atoms with van der Waals surface area (Å²) >= 11 is 0. The predicted molar refractivity (Wildman–Crippen MR) is 139 cm³/mol. The van der Waals surface area contributed by atoms with Crippen LogP contribution in [0, 0.1) is 11.8 Å². The monoisotopic (exact) mass is 471 g/mol. The summed E-state index contributed by atoms with van der Waals surface area (Å²) in [5, 5.41) is 11.8. The Kier molecular flexibility index (Phi) is 7.52. The summed E-state index contributed by atoms with van der Waals surface area (Å²) in [5.74, 6) is 2.14. The van der Waals surface area contributed by atoms with E-state index in [4.69, 9.17) is 9.47 Å². The summed E-state index contributed by atoms with van der Waals surface area (Å²) in [6.45, 7) is 2.03. The molecule has 184 valence electrons. The fourth-order valence-corrected chi connectivity index (χ4v) is 6.27. The zero-order chi connectivity index (χ0) is 24.1. The van der Waals surface area contributed by atoms with Crippen LogP contribution in [-0.4, -0.2) is 49.0 Å². The Morgan fingerprint density at radius 3 is 2.09 bits per heavy atom. The van der Waals surface area contributed by atoms with E-state index in [-0.39, 0.29) is 12.7 Å². The Morgan fingerprint density at radius 1 is 0.857 bits per heavy atom.